The van der Waals surface area contributed by atoms with E-state index in [2.05, 4.69) is 20.2 Å². The maximum absolute atomic E-state index is 12.5. The van der Waals surface area contributed by atoms with E-state index in [0.29, 0.717) is 11.3 Å². The monoisotopic (exact) mass is 446 g/mol. The number of amides is 1. The first kappa shape index (κ1) is 21.9. The minimum atomic E-state index is -3.88. The van der Waals surface area contributed by atoms with Crippen molar-refractivity contribution in [3.05, 3.63) is 65.2 Å². The van der Waals surface area contributed by atoms with Crippen LogP contribution >= 0.6 is 11.3 Å². The summed E-state index contributed by atoms with van der Waals surface area (Å²) in [5, 5.41) is 10.2. The van der Waals surface area contributed by atoms with Crippen LogP contribution in [0.3, 0.4) is 0 Å². The van der Waals surface area contributed by atoms with Crippen molar-refractivity contribution < 1.29 is 17.9 Å². The van der Waals surface area contributed by atoms with Gasteiger partial charge in [0.1, 0.15) is 5.75 Å². The molecule has 30 heavy (non-hydrogen) atoms. The first-order valence-corrected chi connectivity index (χ1v) is 11.5. The molecule has 0 aliphatic heterocycles. The molecule has 2 aromatic carbocycles. The smallest absolute Gasteiger partial charge is 0.270 e. The van der Waals surface area contributed by atoms with Crippen LogP contribution in [0.5, 0.6) is 5.75 Å². The molecule has 0 fully saturated rings. The van der Waals surface area contributed by atoms with Crippen LogP contribution in [-0.4, -0.2) is 30.6 Å². The van der Waals surface area contributed by atoms with E-state index in [4.69, 9.17) is 4.74 Å². The lowest BCUT2D eigenvalue weighted by Gasteiger charge is -2.11. The molecule has 0 unspecified atom stereocenters. The lowest BCUT2D eigenvalue weighted by atomic mass is 10.1. The standard InChI is InChI=1S/C20H22N4O4S2/c1-13(2)28-16-9-6-8-15(11-16)12-21-30(26,27)20-24-23-19(29-20)22-18(25)17-10-5-4-7-14(17)3/h4-11,13,21H,12H2,1-3H3,(H,22,23,25). The zero-order valence-electron chi connectivity index (χ0n) is 16.7. The van der Waals surface area contributed by atoms with Gasteiger partial charge in [-0.3, -0.25) is 10.1 Å². The normalized spacial score (nSPS) is 11.5. The highest BCUT2D eigenvalue weighted by molar-refractivity contribution is 7.91. The maximum Gasteiger partial charge on any atom is 0.270 e. The van der Waals surface area contributed by atoms with Crippen molar-refractivity contribution in [3.8, 4) is 5.75 Å². The molecule has 2 N–H and O–H groups in total. The Labute approximate surface area is 179 Å². The fourth-order valence-corrected chi connectivity index (χ4v) is 4.56. The molecule has 3 aromatic rings. The van der Waals surface area contributed by atoms with Gasteiger partial charge >= 0.3 is 0 Å². The molecule has 1 heterocycles. The average Bonchev–Trinajstić information content (AvgIpc) is 3.16. The molecular weight excluding hydrogens is 424 g/mol. The molecule has 0 saturated carbocycles. The zero-order chi connectivity index (χ0) is 21.7. The summed E-state index contributed by atoms with van der Waals surface area (Å²) in [5.41, 5.74) is 2.03. The zero-order valence-corrected chi connectivity index (χ0v) is 18.4. The highest BCUT2D eigenvalue weighted by Crippen LogP contribution is 2.22. The van der Waals surface area contributed by atoms with Gasteiger partial charge in [-0.25, -0.2) is 13.1 Å². The molecule has 0 spiro atoms. The number of carbonyl (C=O) groups excluding carboxylic acids is 1. The highest BCUT2D eigenvalue weighted by Gasteiger charge is 2.21. The number of nitrogens with zero attached hydrogens (tertiary/aromatic N) is 2. The Bertz CT molecular complexity index is 1140. The number of rotatable bonds is 8. The number of aryl methyl sites for hydroxylation is 1. The van der Waals surface area contributed by atoms with Gasteiger partial charge in [0.05, 0.1) is 6.10 Å². The summed E-state index contributed by atoms with van der Waals surface area (Å²) in [6.07, 6.45) is 0.0200. The minimum Gasteiger partial charge on any atom is -0.491 e. The number of hydrogen-bond acceptors (Lipinski definition) is 7. The minimum absolute atomic E-state index is 0.0200. The van der Waals surface area contributed by atoms with Gasteiger partial charge in [-0.2, -0.15) is 0 Å². The van der Waals surface area contributed by atoms with Crippen LogP contribution in [0.2, 0.25) is 0 Å². The molecule has 8 nitrogen and oxygen atoms in total. The third-order valence-corrected chi connectivity index (χ3v) is 6.59. The summed E-state index contributed by atoms with van der Waals surface area (Å²) in [5.74, 6) is 0.293. The fraction of sp³-hybridized carbons (Fsp3) is 0.250. The van der Waals surface area contributed by atoms with Crippen molar-refractivity contribution in [1.29, 1.82) is 0 Å². The summed E-state index contributed by atoms with van der Waals surface area (Å²) >= 11 is 0.786. The number of aromatic nitrogens is 2. The lowest BCUT2D eigenvalue weighted by Crippen LogP contribution is -2.23. The molecule has 0 aliphatic carbocycles. The predicted molar refractivity (Wildman–Crippen MR) is 115 cm³/mol. The SMILES string of the molecule is Cc1ccccc1C(=O)Nc1nnc(S(=O)(=O)NCc2cccc(OC(C)C)c2)s1. The number of ether oxygens (including phenoxy) is 1. The fourth-order valence-electron chi connectivity index (χ4n) is 2.60. The average molecular weight is 447 g/mol. The molecule has 10 heteroatoms. The van der Waals surface area contributed by atoms with E-state index in [0.717, 1.165) is 22.5 Å². The Morgan fingerprint density at radius 3 is 2.63 bits per heavy atom. The van der Waals surface area contributed by atoms with E-state index in [-0.39, 0.29) is 28.0 Å². The molecule has 0 saturated heterocycles. The summed E-state index contributed by atoms with van der Waals surface area (Å²) in [6, 6.07) is 14.3. The number of hydrogen-bond donors (Lipinski definition) is 2. The quantitative estimate of drug-likeness (QED) is 0.514. The molecule has 0 bridgehead atoms. The Morgan fingerprint density at radius 2 is 1.90 bits per heavy atom. The summed E-state index contributed by atoms with van der Waals surface area (Å²) in [7, 11) is -3.88. The second kappa shape index (κ2) is 9.33. The molecule has 3 rings (SSSR count). The van der Waals surface area contributed by atoms with Crippen molar-refractivity contribution in [2.75, 3.05) is 5.32 Å². The Kier molecular flexibility index (Phi) is 6.80. The van der Waals surface area contributed by atoms with Gasteiger partial charge in [-0.15, -0.1) is 10.2 Å². The molecule has 1 amide bonds. The predicted octanol–water partition coefficient (Wildman–Crippen LogP) is 3.36. The van der Waals surface area contributed by atoms with Gasteiger partial charge in [-0.05, 0) is 50.1 Å². The van der Waals surface area contributed by atoms with Crippen molar-refractivity contribution in [2.24, 2.45) is 0 Å². The highest BCUT2D eigenvalue weighted by atomic mass is 32.2. The number of carbonyl (C=O) groups is 1. The van der Waals surface area contributed by atoms with Crippen molar-refractivity contribution in [1.82, 2.24) is 14.9 Å². The molecule has 158 valence electrons. The van der Waals surface area contributed by atoms with Crippen LogP contribution < -0.4 is 14.8 Å². The number of anilines is 1. The largest absolute Gasteiger partial charge is 0.491 e. The van der Waals surface area contributed by atoms with Gasteiger partial charge in [-0.1, -0.05) is 41.7 Å². The third-order valence-electron chi connectivity index (χ3n) is 3.98. The van der Waals surface area contributed by atoms with Crippen molar-refractivity contribution in [3.63, 3.8) is 0 Å². The van der Waals surface area contributed by atoms with Crippen LogP contribution in [0.15, 0.2) is 52.9 Å². The van der Waals surface area contributed by atoms with E-state index in [9.17, 15) is 13.2 Å². The first-order chi connectivity index (χ1) is 14.2. The summed E-state index contributed by atoms with van der Waals surface area (Å²) in [6.45, 7) is 5.72. The number of benzene rings is 2. The number of nitrogens with one attached hydrogen (secondary N) is 2. The molecule has 0 atom stereocenters. The summed E-state index contributed by atoms with van der Waals surface area (Å²) < 4.78 is 33.0. The van der Waals surface area contributed by atoms with E-state index in [1.54, 1.807) is 30.3 Å². The molecule has 0 radical (unpaired) electrons. The Morgan fingerprint density at radius 1 is 1.13 bits per heavy atom. The van der Waals surface area contributed by atoms with E-state index in [1.807, 2.05) is 39.0 Å². The maximum atomic E-state index is 12.5. The molecule has 1 aromatic heterocycles. The summed E-state index contributed by atoms with van der Waals surface area (Å²) in [4.78, 5) is 12.4. The first-order valence-electron chi connectivity index (χ1n) is 9.20. The Hall–Kier alpha value is -2.82. The van der Waals surface area contributed by atoms with Crippen LogP contribution in [0.25, 0.3) is 0 Å². The molecular formula is C20H22N4O4S2. The number of sulfonamides is 1. The van der Waals surface area contributed by atoms with Crippen LogP contribution in [-0.2, 0) is 16.6 Å². The second-order valence-electron chi connectivity index (χ2n) is 6.78. The van der Waals surface area contributed by atoms with Gasteiger partial charge in [0.2, 0.25) is 9.47 Å². The van der Waals surface area contributed by atoms with Gasteiger partial charge in [0.25, 0.3) is 15.9 Å². The van der Waals surface area contributed by atoms with E-state index in [1.165, 1.54) is 0 Å². The van der Waals surface area contributed by atoms with Gasteiger partial charge < -0.3 is 4.74 Å². The third kappa shape index (κ3) is 5.62. The van der Waals surface area contributed by atoms with Crippen molar-refractivity contribution >= 4 is 32.4 Å². The van der Waals surface area contributed by atoms with Crippen LogP contribution in [0.4, 0.5) is 5.13 Å². The van der Waals surface area contributed by atoms with Crippen molar-refractivity contribution in [2.45, 2.75) is 37.8 Å². The topological polar surface area (TPSA) is 110 Å². The van der Waals surface area contributed by atoms with Crippen LogP contribution in [0.1, 0.15) is 35.3 Å². The van der Waals surface area contributed by atoms with Gasteiger partial charge in [0, 0.05) is 12.1 Å². The molecule has 0 aliphatic rings. The van der Waals surface area contributed by atoms with Gasteiger partial charge in [0.15, 0.2) is 0 Å². The van der Waals surface area contributed by atoms with E-state index < -0.39 is 10.0 Å². The lowest BCUT2D eigenvalue weighted by molar-refractivity contribution is 0.102. The van der Waals surface area contributed by atoms with E-state index >= 15 is 0 Å². The second-order valence-corrected chi connectivity index (χ2v) is 9.70. The Balaban J connectivity index is 1.65. The van der Waals surface area contributed by atoms with Crippen LogP contribution in [0, 0.1) is 6.92 Å².